The molecule has 8 heteroatoms. The molecule has 3 aromatic carbocycles. The Hall–Kier alpha value is -4.38. The molecule has 0 atom stereocenters. The average molecular weight is 403 g/mol. The van der Waals surface area contributed by atoms with Gasteiger partial charge < -0.3 is 9.47 Å². The second-order valence-corrected chi connectivity index (χ2v) is 6.00. The summed E-state index contributed by atoms with van der Waals surface area (Å²) in [5, 5.41) is 16.8. The summed E-state index contributed by atoms with van der Waals surface area (Å²) in [5.74, 6) is 2.37. The first kappa shape index (κ1) is 20.4. The van der Waals surface area contributed by atoms with Crippen molar-refractivity contribution < 1.29 is 19.2 Å². The molecule has 0 heterocycles. The zero-order valence-electron chi connectivity index (χ0n) is 15.8. The van der Waals surface area contributed by atoms with Crippen molar-refractivity contribution in [3.05, 3.63) is 76.3 Å². The van der Waals surface area contributed by atoms with Gasteiger partial charge in [0.25, 0.3) is 5.91 Å². The maximum atomic E-state index is 12.0. The lowest BCUT2D eigenvalue weighted by atomic mass is 10.0. The Labute approximate surface area is 172 Å². The third-order valence-corrected chi connectivity index (χ3v) is 4.05. The van der Waals surface area contributed by atoms with E-state index < -0.39 is 17.4 Å². The summed E-state index contributed by atoms with van der Waals surface area (Å²) in [4.78, 5) is 22.4. The lowest BCUT2D eigenvalue weighted by Gasteiger charge is -2.10. The monoisotopic (exact) mass is 403 g/mol. The van der Waals surface area contributed by atoms with Crippen molar-refractivity contribution in [2.75, 3.05) is 13.2 Å². The fourth-order valence-corrected chi connectivity index (χ4v) is 2.73. The van der Waals surface area contributed by atoms with E-state index in [0.29, 0.717) is 11.3 Å². The van der Waals surface area contributed by atoms with Gasteiger partial charge >= 0.3 is 5.69 Å². The number of benzene rings is 3. The van der Waals surface area contributed by atoms with Crippen LogP contribution in [0, 0.1) is 22.5 Å². The molecule has 0 aliphatic carbocycles. The maximum absolute atomic E-state index is 12.0. The highest BCUT2D eigenvalue weighted by Crippen LogP contribution is 2.27. The number of nitro groups is 1. The van der Waals surface area contributed by atoms with Crippen LogP contribution in [0.5, 0.6) is 11.5 Å². The lowest BCUT2D eigenvalue weighted by Crippen LogP contribution is -2.24. The van der Waals surface area contributed by atoms with E-state index >= 15 is 0 Å². The number of rotatable bonds is 8. The predicted molar refractivity (Wildman–Crippen MR) is 113 cm³/mol. The molecule has 8 nitrogen and oxygen atoms in total. The third kappa shape index (κ3) is 4.91. The Morgan fingerprint density at radius 3 is 2.67 bits per heavy atom. The number of hydrogen-bond acceptors (Lipinski definition) is 6. The number of nitro benzene ring substituents is 1. The lowest BCUT2D eigenvalue weighted by molar-refractivity contribution is -0.385. The molecule has 0 aromatic heterocycles. The number of carbonyl (C=O) groups is 1. The topological polar surface area (TPSA) is 103 Å². The van der Waals surface area contributed by atoms with Gasteiger partial charge in [-0.25, -0.2) is 5.43 Å². The zero-order valence-corrected chi connectivity index (χ0v) is 15.8. The molecule has 0 aliphatic rings. The second-order valence-electron chi connectivity index (χ2n) is 6.00. The van der Waals surface area contributed by atoms with Gasteiger partial charge in [-0.05, 0) is 22.9 Å². The Morgan fingerprint density at radius 1 is 1.10 bits per heavy atom. The first-order chi connectivity index (χ1) is 14.6. The first-order valence-electron chi connectivity index (χ1n) is 8.86. The van der Waals surface area contributed by atoms with Crippen molar-refractivity contribution in [3.63, 3.8) is 0 Å². The summed E-state index contributed by atoms with van der Waals surface area (Å²) in [6.45, 7) is -0.340. The quantitative estimate of drug-likeness (QED) is 0.269. The van der Waals surface area contributed by atoms with E-state index in [0.717, 1.165) is 10.8 Å². The average Bonchev–Trinajstić information content (AvgIpc) is 2.77. The van der Waals surface area contributed by atoms with Gasteiger partial charge in [0, 0.05) is 11.6 Å². The molecule has 0 unspecified atom stereocenters. The number of nitrogens with one attached hydrogen (secondary N) is 1. The highest BCUT2D eigenvalue weighted by Gasteiger charge is 2.14. The number of ether oxygens (including phenoxy) is 2. The number of carbonyl (C=O) groups excluding carboxylic acids is 1. The van der Waals surface area contributed by atoms with E-state index in [-0.39, 0.29) is 18.0 Å². The van der Waals surface area contributed by atoms with E-state index in [4.69, 9.17) is 15.9 Å². The minimum absolute atomic E-state index is 0.000605. The molecule has 0 bridgehead atoms. The van der Waals surface area contributed by atoms with Crippen LogP contribution >= 0.6 is 0 Å². The van der Waals surface area contributed by atoms with Crippen molar-refractivity contribution in [1.82, 2.24) is 5.43 Å². The largest absolute Gasteiger partial charge is 0.480 e. The van der Waals surface area contributed by atoms with Crippen LogP contribution in [-0.2, 0) is 4.79 Å². The van der Waals surface area contributed by atoms with E-state index in [1.54, 1.807) is 12.1 Å². The normalized spacial score (nSPS) is 10.5. The molecule has 30 heavy (non-hydrogen) atoms. The zero-order chi connectivity index (χ0) is 21.3. The van der Waals surface area contributed by atoms with E-state index in [9.17, 15) is 14.9 Å². The first-order valence-corrected chi connectivity index (χ1v) is 8.86. The molecule has 1 amide bonds. The molecule has 0 radical (unpaired) electrons. The van der Waals surface area contributed by atoms with Crippen molar-refractivity contribution in [2.45, 2.75) is 0 Å². The van der Waals surface area contributed by atoms with Gasteiger partial charge in [0.15, 0.2) is 12.4 Å². The Bertz CT molecular complexity index is 1150. The molecule has 0 saturated heterocycles. The number of terminal acetylenes is 1. The molecule has 0 fully saturated rings. The summed E-state index contributed by atoms with van der Waals surface area (Å²) in [6, 6.07) is 17.1. The number of hydrazone groups is 1. The highest BCUT2D eigenvalue weighted by atomic mass is 16.6. The molecule has 0 saturated carbocycles. The molecule has 150 valence electrons. The van der Waals surface area contributed by atoms with Crippen LogP contribution in [0.2, 0.25) is 0 Å². The fourth-order valence-electron chi connectivity index (χ4n) is 2.73. The summed E-state index contributed by atoms with van der Waals surface area (Å²) >= 11 is 0. The maximum Gasteiger partial charge on any atom is 0.310 e. The van der Waals surface area contributed by atoms with Gasteiger partial charge in [-0.15, -0.1) is 6.42 Å². The van der Waals surface area contributed by atoms with E-state index in [2.05, 4.69) is 16.4 Å². The van der Waals surface area contributed by atoms with Gasteiger partial charge in [0.1, 0.15) is 12.4 Å². The number of fused-ring (bicyclic) bond motifs is 1. The van der Waals surface area contributed by atoms with Crippen molar-refractivity contribution in [2.24, 2.45) is 5.10 Å². The van der Waals surface area contributed by atoms with Crippen LogP contribution in [0.3, 0.4) is 0 Å². The molecule has 1 N–H and O–H groups in total. The van der Waals surface area contributed by atoms with Gasteiger partial charge in [0.2, 0.25) is 0 Å². The molecule has 0 spiro atoms. The van der Waals surface area contributed by atoms with Gasteiger partial charge in [-0.3, -0.25) is 14.9 Å². The smallest absolute Gasteiger partial charge is 0.310 e. The fraction of sp³-hybridized carbons (Fsp3) is 0.0909. The summed E-state index contributed by atoms with van der Waals surface area (Å²) in [5.41, 5.74) is 2.77. The van der Waals surface area contributed by atoms with E-state index in [1.807, 2.05) is 30.3 Å². The predicted octanol–water partition coefficient (Wildman–Crippen LogP) is 3.29. The van der Waals surface area contributed by atoms with Crippen LogP contribution in [0.1, 0.15) is 5.56 Å². The number of amides is 1. The molecule has 0 aliphatic heterocycles. The molecule has 3 rings (SSSR count). The van der Waals surface area contributed by atoms with E-state index in [1.165, 1.54) is 24.4 Å². The summed E-state index contributed by atoms with van der Waals surface area (Å²) < 4.78 is 10.8. The molecular formula is C22H17N3O5. The van der Waals surface area contributed by atoms with Gasteiger partial charge in [-0.1, -0.05) is 48.4 Å². The van der Waals surface area contributed by atoms with Gasteiger partial charge in [-0.2, -0.15) is 5.10 Å². The van der Waals surface area contributed by atoms with Crippen molar-refractivity contribution in [3.8, 4) is 23.8 Å². The standard InChI is InChI=1S/C22H17N3O5/c1-2-13-29-20-12-11-16-7-3-4-8-17(16)18(20)14-23-24-22(26)15-30-21-10-6-5-9-19(21)25(27)28/h1,3-12,14H,13,15H2,(H,24,26)/b23-14-. The number of para-hydroxylation sites is 2. The number of hydrogen-bond donors (Lipinski definition) is 1. The van der Waals surface area contributed by atoms with Crippen LogP contribution in [-0.4, -0.2) is 30.3 Å². The summed E-state index contributed by atoms with van der Waals surface area (Å²) in [6.07, 6.45) is 6.72. The van der Waals surface area contributed by atoms with Crippen molar-refractivity contribution in [1.29, 1.82) is 0 Å². The highest BCUT2D eigenvalue weighted by molar-refractivity contribution is 6.02. The Kier molecular flexibility index (Phi) is 6.59. The van der Waals surface area contributed by atoms with Crippen LogP contribution < -0.4 is 14.9 Å². The van der Waals surface area contributed by atoms with Crippen molar-refractivity contribution >= 4 is 28.6 Å². The SMILES string of the molecule is C#CCOc1ccc2ccccc2c1/C=N\NC(=O)COc1ccccc1[N+](=O)[O-]. The summed E-state index contributed by atoms with van der Waals surface area (Å²) in [7, 11) is 0. The third-order valence-electron chi connectivity index (χ3n) is 4.05. The Morgan fingerprint density at radius 2 is 1.87 bits per heavy atom. The van der Waals surface area contributed by atoms with Crippen LogP contribution in [0.4, 0.5) is 5.69 Å². The molecular weight excluding hydrogens is 386 g/mol. The number of nitrogens with zero attached hydrogens (tertiary/aromatic N) is 2. The minimum Gasteiger partial charge on any atom is -0.480 e. The van der Waals surface area contributed by atoms with Crippen LogP contribution in [0.15, 0.2) is 65.8 Å². The molecule has 3 aromatic rings. The second kappa shape index (κ2) is 9.71. The van der Waals surface area contributed by atoms with Gasteiger partial charge in [0.05, 0.1) is 11.1 Å². The minimum atomic E-state index is -0.580. The Balaban J connectivity index is 1.70. The van der Waals surface area contributed by atoms with Crippen LogP contribution in [0.25, 0.3) is 10.8 Å².